The van der Waals surface area contributed by atoms with Crippen molar-refractivity contribution in [1.29, 1.82) is 0 Å². The van der Waals surface area contributed by atoms with E-state index in [9.17, 15) is 19.5 Å². The van der Waals surface area contributed by atoms with Gasteiger partial charge in [0.1, 0.15) is 11.5 Å². The first-order valence-corrected chi connectivity index (χ1v) is 10.6. The first-order chi connectivity index (χ1) is 16.4. The Morgan fingerprint density at radius 2 is 1.65 bits per heavy atom. The van der Waals surface area contributed by atoms with Crippen LogP contribution in [-0.4, -0.2) is 37.0 Å². The van der Waals surface area contributed by atoms with E-state index in [2.05, 4.69) is 0 Å². The van der Waals surface area contributed by atoms with Gasteiger partial charge in [-0.05, 0) is 48.0 Å². The fraction of sp³-hybridized carbons (Fsp3) is 0.115. The summed E-state index contributed by atoms with van der Waals surface area (Å²) in [6, 6.07) is 18.7. The molecule has 3 aromatic carbocycles. The summed E-state index contributed by atoms with van der Waals surface area (Å²) in [5.74, 6) is -2.19. The maximum absolute atomic E-state index is 13.2. The molecule has 0 radical (unpaired) electrons. The van der Waals surface area contributed by atoms with Gasteiger partial charge in [0.05, 0.1) is 36.4 Å². The van der Waals surface area contributed by atoms with Crippen molar-refractivity contribution < 1.29 is 29.0 Å². The standard InChI is InChI=1S/C26H20ClNO6/c1-33-18-12-13-20(27)19(14-18)23(29)21-22(15-6-4-3-5-7-15)28(25(31)24(21)30)17-10-8-16(9-11-17)26(32)34-2/h3-14,22,29H,1-2H3/b23-21+. The molecule has 0 aliphatic carbocycles. The van der Waals surface area contributed by atoms with Crippen LogP contribution in [0.2, 0.25) is 5.02 Å². The minimum Gasteiger partial charge on any atom is -0.507 e. The third kappa shape index (κ3) is 4.02. The number of carbonyl (C=O) groups is 3. The van der Waals surface area contributed by atoms with Gasteiger partial charge in [0.25, 0.3) is 11.7 Å². The number of rotatable bonds is 5. The molecule has 1 unspecified atom stereocenters. The third-order valence-electron chi connectivity index (χ3n) is 5.55. The van der Waals surface area contributed by atoms with Crippen molar-refractivity contribution in [3.8, 4) is 5.75 Å². The number of benzene rings is 3. The Balaban J connectivity index is 1.91. The SMILES string of the molecule is COC(=O)c1ccc(N2C(=O)C(=O)/C(=C(/O)c3cc(OC)ccc3Cl)C2c2ccccc2)cc1. The van der Waals surface area contributed by atoms with E-state index in [4.69, 9.17) is 21.1 Å². The smallest absolute Gasteiger partial charge is 0.337 e. The monoisotopic (exact) mass is 477 g/mol. The van der Waals surface area contributed by atoms with Crippen LogP contribution in [0.4, 0.5) is 5.69 Å². The van der Waals surface area contributed by atoms with Crippen LogP contribution in [0.3, 0.4) is 0 Å². The summed E-state index contributed by atoms with van der Waals surface area (Å²) in [5.41, 5.74) is 1.34. The highest BCUT2D eigenvalue weighted by atomic mass is 35.5. The first-order valence-electron chi connectivity index (χ1n) is 10.3. The second kappa shape index (κ2) is 9.41. The molecule has 1 aliphatic rings. The van der Waals surface area contributed by atoms with Crippen LogP contribution < -0.4 is 9.64 Å². The van der Waals surface area contributed by atoms with Crippen LogP contribution in [0, 0.1) is 0 Å². The summed E-state index contributed by atoms with van der Waals surface area (Å²) in [4.78, 5) is 39.5. The number of ketones is 1. The zero-order chi connectivity index (χ0) is 24.4. The number of hydrogen-bond acceptors (Lipinski definition) is 6. The van der Waals surface area contributed by atoms with Crippen LogP contribution >= 0.6 is 11.6 Å². The largest absolute Gasteiger partial charge is 0.507 e. The van der Waals surface area contributed by atoms with E-state index in [1.54, 1.807) is 48.5 Å². The van der Waals surface area contributed by atoms with Crippen LogP contribution in [0.25, 0.3) is 5.76 Å². The molecule has 1 fully saturated rings. The number of esters is 1. The molecule has 8 heteroatoms. The minimum atomic E-state index is -0.924. The van der Waals surface area contributed by atoms with E-state index in [1.165, 1.54) is 43.4 Å². The van der Waals surface area contributed by atoms with E-state index < -0.39 is 29.5 Å². The van der Waals surface area contributed by atoms with Gasteiger partial charge in [0, 0.05) is 11.3 Å². The molecule has 1 N–H and O–H groups in total. The van der Waals surface area contributed by atoms with Gasteiger partial charge in [-0.15, -0.1) is 0 Å². The number of aliphatic hydroxyl groups excluding tert-OH is 1. The number of nitrogens with zero attached hydrogens (tertiary/aromatic N) is 1. The lowest BCUT2D eigenvalue weighted by Crippen LogP contribution is -2.29. The number of Topliss-reactive ketones (excluding diaryl/α,β-unsaturated/α-hetero) is 1. The van der Waals surface area contributed by atoms with E-state index in [-0.39, 0.29) is 16.2 Å². The van der Waals surface area contributed by atoms with Gasteiger partial charge in [-0.2, -0.15) is 0 Å². The molecular formula is C26H20ClNO6. The van der Waals surface area contributed by atoms with E-state index in [0.29, 0.717) is 22.6 Å². The zero-order valence-electron chi connectivity index (χ0n) is 18.3. The summed E-state index contributed by atoms with van der Waals surface area (Å²) in [6.07, 6.45) is 0. The average Bonchev–Trinajstić information content (AvgIpc) is 3.14. The molecule has 0 aromatic heterocycles. The maximum atomic E-state index is 13.2. The fourth-order valence-electron chi connectivity index (χ4n) is 3.88. The molecule has 1 aliphatic heterocycles. The van der Waals surface area contributed by atoms with Crippen molar-refractivity contribution in [3.05, 3.63) is 100 Å². The van der Waals surface area contributed by atoms with Gasteiger partial charge in [0.15, 0.2) is 0 Å². The summed E-state index contributed by atoms with van der Waals surface area (Å²) in [7, 11) is 2.74. The van der Waals surface area contributed by atoms with Gasteiger partial charge >= 0.3 is 5.97 Å². The van der Waals surface area contributed by atoms with Gasteiger partial charge in [0.2, 0.25) is 0 Å². The molecule has 0 saturated carbocycles. The lowest BCUT2D eigenvalue weighted by atomic mass is 9.95. The summed E-state index contributed by atoms with van der Waals surface area (Å²) in [6.45, 7) is 0. The number of halogens is 1. The van der Waals surface area contributed by atoms with Crippen LogP contribution in [0.5, 0.6) is 5.75 Å². The number of anilines is 1. The van der Waals surface area contributed by atoms with Gasteiger partial charge in [-0.25, -0.2) is 4.79 Å². The molecule has 1 amide bonds. The van der Waals surface area contributed by atoms with Crippen molar-refractivity contribution in [3.63, 3.8) is 0 Å². The van der Waals surface area contributed by atoms with Crippen molar-refractivity contribution in [2.24, 2.45) is 0 Å². The zero-order valence-corrected chi connectivity index (χ0v) is 19.1. The number of carbonyl (C=O) groups excluding carboxylic acids is 3. The van der Waals surface area contributed by atoms with E-state index in [0.717, 1.165) is 0 Å². The number of amides is 1. The van der Waals surface area contributed by atoms with Crippen molar-refractivity contribution in [1.82, 2.24) is 0 Å². The highest BCUT2D eigenvalue weighted by Gasteiger charge is 2.47. The highest BCUT2D eigenvalue weighted by Crippen LogP contribution is 2.43. The minimum absolute atomic E-state index is 0.108. The summed E-state index contributed by atoms with van der Waals surface area (Å²) in [5, 5.41) is 11.4. The molecule has 0 bridgehead atoms. The van der Waals surface area contributed by atoms with Gasteiger partial charge < -0.3 is 14.6 Å². The molecule has 172 valence electrons. The lowest BCUT2D eigenvalue weighted by Gasteiger charge is -2.25. The molecule has 34 heavy (non-hydrogen) atoms. The molecule has 7 nitrogen and oxygen atoms in total. The summed E-state index contributed by atoms with van der Waals surface area (Å²) < 4.78 is 9.94. The fourth-order valence-corrected chi connectivity index (χ4v) is 4.09. The number of methoxy groups -OCH3 is 2. The predicted molar refractivity (Wildman–Crippen MR) is 127 cm³/mol. The Morgan fingerprint density at radius 1 is 0.971 bits per heavy atom. The molecule has 1 atom stereocenters. The Hall–Kier alpha value is -4.10. The maximum Gasteiger partial charge on any atom is 0.337 e. The highest BCUT2D eigenvalue weighted by molar-refractivity contribution is 6.52. The second-order valence-electron chi connectivity index (χ2n) is 7.46. The molecule has 1 heterocycles. The first kappa shape index (κ1) is 23.1. The Morgan fingerprint density at radius 3 is 2.26 bits per heavy atom. The van der Waals surface area contributed by atoms with Crippen molar-refractivity contribution in [2.75, 3.05) is 19.1 Å². The van der Waals surface area contributed by atoms with E-state index in [1.807, 2.05) is 0 Å². The predicted octanol–water partition coefficient (Wildman–Crippen LogP) is 4.76. The Labute approximate surface area is 200 Å². The topological polar surface area (TPSA) is 93.1 Å². The van der Waals surface area contributed by atoms with Gasteiger partial charge in [-0.3, -0.25) is 14.5 Å². The number of aliphatic hydroxyl groups is 1. The normalized spacial score (nSPS) is 17.0. The molecule has 3 aromatic rings. The van der Waals surface area contributed by atoms with Crippen LogP contribution in [0.1, 0.15) is 27.5 Å². The van der Waals surface area contributed by atoms with E-state index >= 15 is 0 Å². The Bertz CT molecular complexity index is 1300. The number of hydrogen-bond donors (Lipinski definition) is 1. The van der Waals surface area contributed by atoms with Crippen LogP contribution in [-0.2, 0) is 14.3 Å². The van der Waals surface area contributed by atoms with Crippen LogP contribution in [0.15, 0.2) is 78.4 Å². The van der Waals surface area contributed by atoms with Crippen molar-refractivity contribution >= 4 is 40.7 Å². The molecule has 0 spiro atoms. The lowest BCUT2D eigenvalue weighted by molar-refractivity contribution is -0.132. The number of ether oxygens (including phenoxy) is 2. The molecule has 1 saturated heterocycles. The Kier molecular flexibility index (Phi) is 6.38. The summed E-state index contributed by atoms with van der Waals surface area (Å²) >= 11 is 6.32. The molecule has 4 rings (SSSR count). The quantitative estimate of drug-likeness (QED) is 0.246. The third-order valence-corrected chi connectivity index (χ3v) is 5.88. The second-order valence-corrected chi connectivity index (χ2v) is 7.87. The molecular weight excluding hydrogens is 458 g/mol. The van der Waals surface area contributed by atoms with Crippen molar-refractivity contribution in [2.45, 2.75) is 6.04 Å². The average molecular weight is 478 g/mol. The van der Waals surface area contributed by atoms with Gasteiger partial charge in [-0.1, -0.05) is 41.9 Å².